The normalized spacial score (nSPS) is 15.6. The second kappa shape index (κ2) is 7.34. The molecule has 0 saturated heterocycles. The third-order valence-corrected chi connectivity index (χ3v) is 5.80. The van der Waals surface area contributed by atoms with Gasteiger partial charge in [-0.2, -0.15) is 0 Å². The first-order valence-electron chi connectivity index (χ1n) is 8.75. The lowest BCUT2D eigenvalue weighted by atomic mass is 9.89. The van der Waals surface area contributed by atoms with E-state index in [1.54, 1.807) is 6.20 Å². The molecule has 4 rings (SSSR count). The average molecular weight is 420 g/mol. The van der Waals surface area contributed by atoms with Crippen LogP contribution >= 0.6 is 27.5 Å². The summed E-state index contributed by atoms with van der Waals surface area (Å²) in [5.74, 6) is 1.53. The van der Waals surface area contributed by atoms with Crippen molar-refractivity contribution in [3.8, 4) is 11.3 Å². The van der Waals surface area contributed by atoms with Gasteiger partial charge in [0.05, 0.1) is 16.9 Å². The van der Waals surface area contributed by atoms with Crippen LogP contribution in [0.1, 0.15) is 32.1 Å². The molecule has 0 spiro atoms. The summed E-state index contributed by atoms with van der Waals surface area (Å²) >= 11 is 9.94. The zero-order valence-electron chi connectivity index (χ0n) is 13.9. The van der Waals surface area contributed by atoms with Gasteiger partial charge in [-0.05, 0) is 40.8 Å². The van der Waals surface area contributed by atoms with Gasteiger partial charge in [0, 0.05) is 18.3 Å². The van der Waals surface area contributed by atoms with Crippen LogP contribution in [0.3, 0.4) is 0 Å². The molecule has 2 heterocycles. The molecule has 0 unspecified atom stereocenters. The molecule has 6 heteroatoms. The molecule has 1 N–H and O–H groups in total. The van der Waals surface area contributed by atoms with Crippen LogP contribution in [-0.4, -0.2) is 20.9 Å². The fourth-order valence-corrected chi connectivity index (χ4v) is 4.11. The summed E-state index contributed by atoms with van der Waals surface area (Å²) in [7, 11) is 0. The smallest absolute Gasteiger partial charge is 0.181 e. The summed E-state index contributed by atoms with van der Waals surface area (Å²) in [6.07, 6.45) is 10.4. The maximum atomic E-state index is 6.38. The van der Waals surface area contributed by atoms with E-state index < -0.39 is 0 Å². The minimum atomic E-state index is 0.698. The Labute approximate surface area is 160 Å². The van der Waals surface area contributed by atoms with Crippen LogP contribution in [0.4, 0.5) is 5.82 Å². The van der Waals surface area contributed by atoms with Gasteiger partial charge in [0.2, 0.25) is 0 Å². The van der Waals surface area contributed by atoms with Crippen molar-refractivity contribution in [3.05, 3.63) is 46.3 Å². The summed E-state index contributed by atoms with van der Waals surface area (Å²) in [5, 5.41) is 4.24. The third-order valence-electron chi connectivity index (χ3n) is 4.88. The summed E-state index contributed by atoms with van der Waals surface area (Å²) in [5.41, 5.74) is 2.59. The van der Waals surface area contributed by atoms with Crippen LogP contribution in [0.5, 0.6) is 0 Å². The zero-order chi connectivity index (χ0) is 17.2. The fourth-order valence-electron chi connectivity index (χ4n) is 3.51. The van der Waals surface area contributed by atoms with Crippen molar-refractivity contribution in [2.45, 2.75) is 32.1 Å². The highest BCUT2D eigenvalue weighted by molar-refractivity contribution is 9.10. The molecule has 1 saturated carbocycles. The Morgan fingerprint density at radius 3 is 2.80 bits per heavy atom. The number of benzene rings is 1. The molecule has 25 heavy (non-hydrogen) atoms. The van der Waals surface area contributed by atoms with Crippen molar-refractivity contribution in [1.82, 2.24) is 14.4 Å². The van der Waals surface area contributed by atoms with E-state index in [1.807, 2.05) is 34.9 Å². The number of nitrogens with one attached hydrogen (secondary N) is 1. The second-order valence-corrected chi connectivity index (χ2v) is 7.83. The molecule has 0 atom stereocenters. The Morgan fingerprint density at radius 2 is 2.00 bits per heavy atom. The maximum Gasteiger partial charge on any atom is 0.181 e. The number of aromatic nitrogens is 3. The topological polar surface area (TPSA) is 42.2 Å². The fraction of sp³-hybridized carbons (Fsp3) is 0.368. The number of halogens is 2. The second-order valence-electron chi connectivity index (χ2n) is 6.61. The Hall–Kier alpha value is -1.59. The molecule has 4 nitrogen and oxygen atoms in total. The van der Waals surface area contributed by atoms with Gasteiger partial charge in [-0.15, -0.1) is 0 Å². The van der Waals surface area contributed by atoms with Gasteiger partial charge in [-0.25, -0.2) is 9.97 Å². The number of imidazole rings is 1. The van der Waals surface area contributed by atoms with E-state index in [1.165, 1.54) is 32.1 Å². The van der Waals surface area contributed by atoms with Crippen molar-refractivity contribution in [1.29, 1.82) is 0 Å². The lowest BCUT2D eigenvalue weighted by Gasteiger charge is -2.22. The molecule has 130 valence electrons. The van der Waals surface area contributed by atoms with Gasteiger partial charge in [-0.1, -0.05) is 49.1 Å². The maximum absolute atomic E-state index is 6.38. The summed E-state index contributed by atoms with van der Waals surface area (Å²) in [6.45, 7) is 0.944. The minimum absolute atomic E-state index is 0.698. The van der Waals surface area contributed by atoms with Crippen molar-refractivity contribution in [2.24, 2.45) is 5.92 Å². The van der Waals surface area contributed by atoms with E-state index in [9.17, 15) is 0 Å². The number of fused-ring (bicyclic) bond motifs is 1. The number of nitrogens with zero attached hydrogens (tertiary/aromatic N) is 3. The van der Waals surface area contributed by atoms with Crippen LogP contribution in [0.15, 0.2) is 41.3 Å². The van der Waals surface area contributed by atoms with Crippen LogP contribution in [0, 0.1) is 5.92 Å². The first-order chi connectivity index (χ1) is 12.2. The van der Waals surface area contributed by atoms with E-state index in [-0.39, 0.29) is 0 Å². The molecule has 0 amide bonds. The Kier molecular flexibility index (Phi) is 4.95. The average Bonchev–Trinajstić information content (AvgIpc) is 3.02. The number of rotatable bonds is 4. The third kappa shape index (κ3) is 3.53. The summed E-state index contributed by atoms with van der Waals surface area (Å²) in [6, 6.07) is 7.79. The first kappa shape index (κ1) is 16.9. The Morgan fingerprint density at radius 1 is 1.20 bits per heavy atom. The van der Waals surface area contributed by atoms with Gasteiger partial charge in [-0.3, -0.25) is 4.40 Å². The number of anilines is 1. The molecule has 0 aliphatic heterocycles. The van der Waals surface area contributed by atoms with Crippen molar-refractivity contribution >= 4 is 39.0 Å². The van der Waals surface area contributed by atoms with Crippen molar-refractivity contribution in [2.75, 3.05) is 11.9 Å². The van der Waals surface area contributed by atoms with Crippen molar-refractivity contribution < 1.29 is 0 Å². The number of hydrogen-bond donors (Lipinski definition) is 1. The van der Waals surface area contributed by atoms with Gasteiger partial charge < -0.3 is 5.32 Å². The van der Waals surface area contributed by atoms with Gasteiger partial charge >= 0.3 is 0 Å². The highest BCUT2D eigenvalue weighted by Gasteiger charge is 2.16. The molecule has 1 aliphatic rings. The predicted octanol–water partition coefficient (Wildman–Crippen LogP) is 5.80. The van der Waals surface area contributed by atoms with E-state index in [0.717, 1.165) is 39.8 Å². The van der Waals surface area contributed by atoms with Crippen LogP contribution in [-0.2, 0) is 0 Å². The molecule has 0 radical (unpaired) electrons. The standard InChI is InChI=1S/C19H20BrClN4/c20-17-11-23-19-18(22-10-13-6-2-1-3-7-13)24-16(12-25(17)19)14-8-4-5-9-15(14)21/h4-5,8-9,11-13H,1-3,6-7,10H2,(H,22,24). The van der Waals surface area contributed by atoms with Crippen LogP contribution in [0.25, 0.3) is 16.9 Å². The van der Waals surface area contributed by atoms with Gasteiger partial charge in [0.1, 0.15) is 4.60 Å². The van der Waals surface area contributed by atoms with E-state index in [2.05, 4.69) is 26.2 Å². The molecule has 2 aromatic heterocycles. The molecular weight excluding hydrogens is 400 g/mol. The highest BCUT2D eigenvalue weighted by Crippen LogP contribution is 2.30. The SMILES string of the molecule is Clc1ccccc1-c1cn2c(Br)cnc2c(NCC2CCCCC2)n1. The van der Waals surface area contributed by atoms with Crippen molar-refractivity contribution in [3.63, 3.8) is 0 Å². The molecule has 1 aliphatic carbocycles. The van der Waals surface area contributed by atoms with Gasteiger partial charge in [0.25, 0.3) is 0 Å². The summed E-state index contributed by atoms with van der Waals surface area (Å²) in [4.78, 5) is 9.33. The molecule has 1 aromatic carbocycles. The largest absolute Gasteiger partial charge is 0.367 e. The monoisotopic (exact) mass is 418 g/mol. The predicted molar refractivity (Wildman–Crippen MR) is 106 cm³/mol. The number of hydrogen-bond acceptors (Lipinski definition) is 3. The van der Waals surface area contributed by atoms with E-state index in [4.69, 9.17) is 16.6 Å². The van der Waals surface area contributed by atoms with Crippen LogP contribution < -0.4 is 5.32 Å². The van der Waals surface area contributed by atoms with Crippen LogP contribution in [0.2, 0.25) is 5.02 Å². The quantitative estimate of drug-likeness (QED) is 0.580. The first-order valence-corrected chi connectivity index (χ1v) is 9.92. The molecule has 3 aromatic rings. The Balaban J connectivity index is 1.70. The lowest BCUT2D eigenvalue weighted by Crippen LogP contribution is -2.18. The molecule has 0 bridgehead atoms. The molecular formula is C19H20BrClN4. The Bertz CT molecular complexity index is 886. The van der Waals surface area contributed by atoms with E-state index >= 15 is 0 Å². The highest BCUT2D eigenvalue weighted by atomic mass is 79.9. The zero-order valence-corrected chi connectivity index (χ0v) is 16.2. The molecule has 1 fully saturated rings. The lowest BCUT2D eigenvalue weighted by molar-refractivity contribution is 0.373. The van der Waals surface area contributed by atoms with E-state index in [0.29, 0.717) is 5.02 Å². The minimum Gasteiger partial charge on any atom is -0.367 e. The van der Waals surface area contributed by atoms with Gasteiger partial charge in [0.15, 0.2) is 11.5 Å². The summed E-state index contributed by atoms with van der Waals surface area (Å²) < 4.78 is 2.91.